The van der Waals surface area contributed by atoms with Crippen LogP contribution in [0.25, 0.3) is 5.57 Å². The monoisotopic (exact) mass is 394 g/mol. The smallest absolute Gasteiger partial charge is 0.410 e. The zero-order valence-corrected chi connectivity index (χ0v) is 16.6. The molecular formula is C26H22N2O2. The molecule has 0 bridgehead atoms. The van der Waals surface area contributed by atoms with Gasteiger partial charge in [0.25, 0.3) is 0 Å². The van der Waals surface area contributed by atoms with Gasteiger partial charge in [0.2, 0.25) is 0 Å². The van der Waals surface area contributed by atoms with Gasteiger partial charge in [-0.05, 0) is 47.7 Å². The van der Waals surface area contributed by atoms with Gasteiger partial charge < -0.3 is 9.64 Å². The maximum Gasteiger partial charge on any atom is 0.415 e. The fourth-order valence-electron chi connectivity index (χ4n) is 3.79. The van der Waals surface area contributed by atoms with Gasteiger partial charge >= 0.3 is 6.09 Å². The summed E-state index contributed by atoms with van der Waals surface area (Å²) in [6, 6.07) is 29.5. The molecular weight excluding hydrogens is 372 g/mol. The van der Waals surface area contributed by atoms with Crippen LogP contribution in [-0.4, -0.2) is 24.1 Å². The molecule has 1 aliphatic rings. The number of nitriles is 1. The number of nitrogens with zero attached hydrogens (tertiary/aromatic N) is 2. The van der Waals surface area contributed by atoms with Crippen molar-refractivity contribution in [2.45, 2.75) is 12.8 Å². The number of carbonyl (C=O) groups is 1. The van der Waals surface area contributed by atoms with E-state index in [0.717, 1.165) is 12.8 Å². The van der Waals surface area contributed by atoms with Crippen molar-refractivity contribution in [3.8, 4) is 11.8 Å². The molecule has 30 heavy (non-hydrogen) atoms. The zero-order chi connectivity index (χ0) is 20.8. The van der Waals surface area contributed by atoms with Crippen molar-refractivity contribution in [3.63, 3.8) is 0 Å². The van der Waals surface area contributed by atoms with Crippen molar-refractivity contribution in [1.82, 2.24) is 4.90 Å². The summed E-state index contributed by atoms with van der Waals surface area (Å²) >= 11 is 0. The Morgan fingerprint density at radius 1 is 0.833 bits per heavy atom. The van der Waals surface area contributed by atoms with Crippen LogP contribution in [0.4, 0.5) is 4.79 Å². The molecule has 4 heteroatoms. The van der Waals surface area contributed by atoms with Gasteiger partial charge in [-0.2, -0.15) is 5.26 Å². The average molecular weight is 394 g/mol. The molecule has 1 saturated heterocycles. The van der Waals surface area contributed by atoms with Gasteiger partial charge in [-0.3, -0.25) is 0 Å². The van der Waals surface area contributed by atoms with E-state index in [1.165, 1.54) is 22.3 Å². The first-order valence-electron chi connectivity index (χ1n) is 10.0. The van der Waals surface area contributed by atoms with Crippen molar-refractivity contribution in [2.75, 3.05) is 13.1 Å². The van der Waals surface area contributed by atoms with Crippen LogP contribution in [0.1, 0.15) is 29.5 Å². The Morgan fingerprint density at radius 2 is 1.43 bits per heavy atom. The van der Waals surface area contributed by atoms with E-state index in [1.807, 2.05) is 12.1 Å². The number of amides is 1. The summed E-state index contributed by atoms with van der Waals surface area (Å²) < 4.78 is 5.48. The van der Waals surface area contributed by atoms with Crippen LogP contribution >= 0.6 is 0 Å². The molecule has 1 heterocycles. The van der Waals surface area contributed by atoms with Gasteiger partial charge in [-0.1, -0.05) is 72.3 Å². The maximum atomic E-state index is 12.6. The van der Waals surface area contributed by atoms with Gasteiger partial charge in [0.1, 0.15) is 5.75 Å². The fraction of sp³-hybridized carbons (Fsp3) is 0.154. The van der Waals surface area contributed by atoms with Crippen molar-refractivity contribution >= 4 is 11.7 Å². The molecule has 1 aliphatic heterocycles. The van der Waals surface area contributed by atoms with Gasteiger partial charge in [0.15, 0.2) is 0 Å². The van der Waals surface area contributed by atoms with Crippen LogP contribution in [0.5, 0.6) is 5.75 Å². The molecule has 1 fully saturated rings. The largest absolute Gasteiger partial charge is 0.415 e. The van der Waals surface area contributed by atoms with Crippen LogP contribution < -0.4 is 4.74 Å². The standard InChI is InChI=1S/C26H22N2O2/c27-19-20-8-7-13-24(18-20)30-26(29)28-16-14-23(15-17-28)25(21-9-3-1-4-10-21)22-11-5-2-6-12-22/h1-13,18H,14-17H2. The molecule has 0 atom stereocenters. The second-order valence-electron chi connectivity index (χ2n) is 7.21. The summed E-state index contributed by atoms with van der Waals surface area (Å²) in [5.41, 5.74) is 5.47. The number of likely N-dealkylation sites (tertiary alicyclic amines) is 1. The Kier molecular flexibility index (Phi) is 5.91. The lowest BCUT2D eigenvalue weighted by Crippen LogP contribution is -2.38. The zero-order valence-electron chi connectivity index (χ0n) is 16.6. The normalized spacial score (nSPS) is 13.4. The highest BCUT2D eigenvalue weighted by molar-refractivity contribution is 5.82. The first kappa shape index (κ1) is 19.5. The molecule has 0 unspecified atom stereocenters. The molecule has 0 saturated carbocycles. The highest BCUT2D eigenvalue weighted by atomic mass is 16.6. The maximum absolute atomic E-state index is 12.6. The minimum Gasteiger partial charge on any atom is -0.410 e. The van der Waals surface area contributed by atoms with Crippen LogP contribution in [0.15, 0.2) is 90.5 Å². The third-order valence-corrected chi connectivity index (χ3v) is 5.27. The van der Waals surface area contributed by atoms with Crippen molar-refractivity contribution in [1.29, 1.82) is 5.26 Å². The summed E-state index contributed by atoms with van der Waals surface area (Å²) in [4.78, 5) is 14.3. The fourth-order valence-corrected chi connectivity index (χ4v) is 3.79. The second kappa shape index (κ2) is 9.11. The first-order valence-corrected chi connectivity index (χ1v) is 10.0. The van der Waals surface area contributed by atoms with E-state index in [4.69, 9.17) is 10.00 Å². The van der Waals surface area contributed by atoms with E-state index in [1.54, 1.807) is 29.2 Å². The van der Waals surface area contributed by atoms with Crippen LogP contribution in [0.3, 0.4) is 0 Å². The summed E-state index contributed by atoms with van der Waals surface area (Å²) in [6.45, 7) is 1.21. The van der Waals surface area contributed by atoms with Gasteiger partial charge in [-0.25, -0.2) is 4.79 Å². The summed E-state index contributed by atoms with van der Waals surface area (Å²) in [6.07, 6.45) is 1.23. The predicted octanol–water partition coefficient (Wildman–Crippen LogP) is 5.65. The molecule has 0 aliphatic carbocycles. The van der Waals surface area contributed by atoms with Crippen molar-refractivity contribution in [2.24, 2.45) is 0 Å². The molecule has 3 aromatic carbocycles. The van der Waals surface area contributed by atoms with E-state index in [0.29, 0.717) is 24.4 Å². The van der Waals surface area contributed by atoms with Gasteiger partial charge in [0, 0.05) is 13.1 Å². The molecule has 4 nitrogen and oxygen atoms in total. The SMILES string of the molecule is N#Cc1cccc(OC(=O)N2CCC(=C(c3ccccc3)c3ccccc3)CC2)c1. The number of piperidine rings is 1. The number of carbonyl (C=O) groups excluding carboxylic acids is 1. The van der Waals surface area contributed by atoms with E-state index >= 15 is 0 Å². The lowest BCUT2D eigenvalue weighted by atomic mass is 9.88. The molecule has 3 aromatic rings. The number of hydrogen-bond donors (Lipinski definition) is 0. The molecule has 1 amide bonds. The predicted molar refractivity (Wildman–Crippen MR) is 117 cm³/mol. The van der Waals surface area contributed by atoms with E-state index in [9.17, 15) is 4.79 Å². The molecule has 0 radical (unpaired) electrons. The Balaban J connectivity index is 1.52. The van der Waals surface area contributed by atoms with Crippen molar-refractivity contribution in [3.05, 3.63) is 107 Å². The third-order valence-electron chi connectivity index (χ3n) is 5.27. The summed E-state index contributed by atoms with van der Waals surface area (Å²) in [5.74, 6) is 0.398. The molecule has 0 spiro atoms. The Bertz CT molecular complexity index is 1050. The topological polar surface area (TPSA) is 53.3 Å². The van der Waals surface area contributed by atoms with E-state index in [-0.39, 0.29) is 6.09 Å². The molecule has 4 rings (SSSR count). The number of benzene rings is 3. The molecule has 0 aromatic heterocycles. The molecule has 148 valence electrons. The van der Waals surface area contributed by atoms with Crippen molar-refractivity contribution < 1.29 is 9.53 Å². The number of rotatable bonds is 3. The quantitative estimate of drug-likeness (QED) is 0.576. The second-order valence-corrected chi connectivity index (χ2v) is 7.21. The third kappa shape index (κ3) is 4.42. The first-order chi connectivity index (χ1) is 14.7. The number of hydrogen-bond acceptors (Lipinski definition) is 3. The Morgan fingerprint density at radius 3 is 2.00 bits per heavy atom. The Labute approximate surface area is 176 Å². The van der Waals surface area contributed by atoms with Crippen LogP contribution in [-0.2, 0) is 0 Å². The van der Waals surface area contributed by atoms with E-state index < -0.39 is 0 Å². The van der Waals surface area contributed by atoms with Crippen LogP contribution in [0, 0.1) is 11.3 Å². The number of ether oxygens (including phenoxy) is 1. The average Bonchev–Trinajstić information content (AvgIpc) is 2.81. The van der Waals surface area contributed by atoms with Crippen LogP contribution in [0.2, 0.25) is 0 Å². The lowest BCUT2D eigenvalue weighted by Gasteiger charge is -2.29. The lowest BCUT2D eigenvalue weighted by molar-refractivity contribution is 0.148. The van der Waals surface area contributed by atoms with Gasteiger partial charge in [-0.15, -0.1) is 0 Å². The summed E-state index contributed by atoms with van der Waals surface area (Å²) in [5, 5.41) is 9.01. The Hall–Kier alpha value is -3.84. The minimum absolute atomic E-state index is 0.370. The highest BCUT2D eigenvalue weighted by Gasteiger charge is 2.23. The minimum atomic E-state index is -0.370. The van der Waals surface area contributed by atoms with E-state index in [2.05, 4.69) is 54.6 Å². The molecule has 0 N–H and O–H groups in total. The highest BCUT2D eigenvalue weighted by Crippen LogP contribution is 2.32. The van der Waals surface area contributed by atoms with Gasteiger partial charge in [0.05, 0.1) is 11.6 Å². The summed E-state index contributed by atoms with van der Waals surface area (Å²) in [7, 11) is 0.